The Balaban J connectivity index is 1.88. The van der Waals surface area contributed by atoms with Crippen LogP contribution in [0.1, 0.15) is 30.9 Å². The Kier molecular flexibility index (Phi) is 3.64. The molecule has 1 unspecified atom stereocenters. The minimum absolute atomic E-state index is 0.436. The SMILES string of the molecule is OC(CC1CCOCC1)c1cncnc1. The lowest BCUT2D eigenvalue weighted by atomic mass is 9.92. The van der Waals surface area contributed by atoms with Crippen molar-refractivity contribution in [2.45, 2.75) is 25.4 Å². The van der Waals surface area contributed by atoms with Gasteiger partial charge in [0, 0.05) is 31.2 Å². The molecule has 1 aromatic rings. The normalized spacial score (nSPS) is 20.1. The lowest BCUT2D eigenvalue weighted by Gasteiger charge is -2.24. The van der Waals surface area contributed by atoms with Gasteiger partial charge in [-0.2, -0.15) is 0 Å². The van der Waals surface area contributed by atoms with Crippen LogP contribution in [-0.4, -0.2) is 28.3 Å². The third-order valence-electron chi connectivity index (χ3n) is 2.86. The second-order valence-corrected chi connectivity index (χ2v) is 3.98. The number of ether oxygens (including phenoxy) is 1. The van der Waals surface area contributed by atoms with Crippen LogP contribution in [-0.2, 0) is 4.74 Å². The molecule has 1 aromatic heterocycles. The van der Waals surface area contributed by atoms with E-state index in [-0.39, 0.29) is 0 Å². The van der Waals surface area contributed by atoms with Gasteiger partial charge in [0.25, 0.3) is 0 Å². The zero-order valence-electron chi connectivity index (χ0n) is 8.67. The molecule has 1 N–H and O–H groups in total. The first-order valence-corrected chi connectivity index (χ1v) is 5.37. The smallest absolute Gasteiger partial charge is 0.115 e. The average molecular weight is 208 g/mol. The molecule has 2 heterocycles. The number of aromatic nitrogens is 2. The summed E-state index contributed by atoms with van der Waals surface area (Å²) in [5.74, 6) is 0.564. The molecule has 0 aromatic carbocycles. The third kappa shape index (κ3) is 2.97. The molecule has 0 amide bonds. The first-order valence-electron chi connectivity index (χ1n) is 5.37. The van der Waals surface area contributed by atoms with E-state index in [1.807, 2.05) is 0 Å². The van der Waals surface area contributed by atoms with E-state index in [0.29, 0.717) is 5.92 Å². The maximum absolute atomic E-state index is 9.95. The van der Waals surface area contributed by atoms with Gasteiger partial charge in [-0.1, -0.05) is 0 Å². The Morgan fingerprint density at radius 3 is 2.67 bits per heavy atom. The fraction of sp³-hybridized carbons (Fsp3) is 0.636. The first-order chi connectivity index (χ1) is 7.36. The van der Waals surface area contributed by atoms with E-state index in [2.05, 4.69) is 9.97 Å². The van der Waals surface area contributed by atoms with Crippen LogP contribution in [0.3, 0.4) is 0 Å². The Hall–Kier alpha value is -1.00. The van der Waals surface area contributed by atoms with Crippen LogP contribution in [0.2, 0.25) is 0 Å². The highest BCUT2D eigenvalue weighted by molar-refractivity contribution is 5.06. The molecule has 4 heteroatoms. The molecule has 1 atom stereocenters. The van der Waals surface area contributed by atoms with Gasteiger partial charge >= 0.3 is 0 Å². The van der Waals surface area contributed by atoms with Crippen LogP contribution in [0.15, 0.2) is 18.7 Å². The van der Waals surface area contributed by atoms with Gasteiger partial charge in [-0.15, -0.1) is 0 Å². The van der Waals surface area contributed by atoms with Crippen molar-refractivity contribution in [2.75, 3.05) is 13.2 Å². The van der Waals surface area contributed by atoms with Crippen molar-refractivity contribution in [3.63, 3.8) is 0 Å². The standard InChI is InChI=1S/C11H16N2O2/c14-11(10-6-12-8-13-7-10)5-9-1-3-15-4-2-9/h6-9,11,14H,1-5H2. The summed E-state index contributed by atoms with van der Waals surface area (Å²) in [6.07, 6.45) is 7.28. The number of nitrogens with zero attached hydrogens (tertiary/aromatic N) is 2. The molecule has 0 bridgehead atoms. The van der Waals surface area contributed by atoms with Crippen LogP contribution in [0, 0.1) is 5.92 Å². The summed E-state index contributed by atoms with van der Waals surface area (Å²) >= 11 is 0. The lowest BCUT2D eigenvalue weighted by molar-refractivity contribution is 0.0434. The van der Waals surface area contributed by atoms with Crippen LogP contribution < -0.4 is 0 Å². The Bertz CT molecular complexity index is 286. The topological polar surface area (TPSA) is 55.2 Å². The summed E-state index contributed by atoms with van der Waals surface area (Å²) in [5, 5.41) is 9.95. The molecule has 0 spiro atoms. The lowest BCUT2D eigenvalue weighted by Crippen LogP contribution is -2.18. The van der Waals surface area contributed by atoms with Gasteiger partial charge in [0.15, 0.2) is 0 Å². The maximum atomic E-state index is 9.95. The highest BCUT2D eigenvalue weighted by atomic mass is 16.5. The average Bonchev–Trinajstić information content (AvgIpc) is 2.31. The highest BCUT2D eigenvalue weighted by Gasteiger charge is 2.18. The Labute approximate surface area is 89.3 Å². The van der Waals surface area contributed by atoms with Gasteiger partial charge < -0.3 is 9.84 Å². The Morgan fingerprint density at radius 2 is 2.00 bits per heavy atom. The molecule has 82 valence electrons. The van der Waals surface area contributed by atoms with Crippen molar-refractivity contribution < 1.29 is 9.84 Å². The largest absolute Gasteiger partial charge is 0.388 e. The van der Waals surface area contributed by atoms with Crippen molar-refractivity contribution >= 4 is 0 Å². The zero-order valence-corrected chi connectivity index (χ0v) is 8.67. The van der Waals surface area contributed by atoms with Crippen molar-refractivity contribution in [1.82, 2.24) is 9.97 Å². The number of hydrogen-bond acceptors (Lipinski definition) is 4. The van der Waals surface area contributed by atoms with Crippen molar-refractivity contribution in [3.8, 4) is 0 Å². The second-order valence-electron chi connectivity index (χ2n) is 3.98. The van der Waals surface area contributed by atoms with Gasteiger partial charge in [0.1, 0.15) is 6.33 Å². The summed E-state index contributed by atoms with van der Waals surface area (Å²) in [4.78, 5) is 7.81. The highest BCUT2D eigenvalue weighted by Crippen LogP contribution is 2.26. The molecular formula is C11H16N2O2. The molecular weight excluding hydrogens is 192 g/mol. The van der Waals surface area contributed by atoms with Gasteiger partial charge in [0.05, 0.1) is 6.10 Å². The van der Waals surface area contributed by atoms with E-state index in [0.717, 1.165) is 38.0 Å². The molecule has 15 heavy (non-hydrogen) atoms. The first kappa shape index (κ1) is 10.5. The molecule has 2 rings (SSSR count). The summed E-state index contributed by atoms with van der Waals surface area (Å²) in [5.41, 5.74) is 0.809. The zero-order chi connectivity index (χ0) is 10.5. The van der Waals surface area contributed by atoms with Crippen LogP contribution in [0.25, 0.3) is 0 Å². The third-order valence-corrected chi connectivity index (χ3v) is 2.86. The maximum Gasteiger partial charge on any atom is 0.115 e. The molecule has 1 saturated heterocycles. The second kappa shape index (κ2) is 5.19. The number of rotatable bonds is 3. The summed E-state index contributed by atoms with van der Waals surface area (Å²) < 4.78 is 5.28. The van der Waals surface area contributed by atoms with Crippen molar-refractivity contribution in [3.05, 3.63) is 24.3 Å². The van der Waals surface area contributed by atoms with Gasteiger partial charge in [0.2, 0.25) is 0 Å². The molecule has 1 aliphatic heterocycles. The van der Waals surface area contributed by atoms with Crippen molar-refractivity contribution in [2.24, 2.45) is 5.92 Å². The number of aliphatic hydroxyl groups excluding tert-OH is 1. The molecule has 1 aliphatic rings. The van der Waals surface area contributed by atoms with E-state index < -0.39 is 6.10 Å². The van der Waals surface area contributed by atoms with Gasteiger partial charge in [-0.05, 0) is 25.2 Å². The van der Waals surface area contributed by atoms with Crippen molar-refractivity contribution in [1.29, 1.82) is 0 Å². The summed E-state index contributed by atoms with van der Waals surface area (Å²) in [6.45, 7) is 1.64. The minimum Gasteiger partial charge on any atom is -0.388 e. The van der Waals surface area contributed by atoms with E-state index in [4.69, 9.17) is 4.74 Å². The molecule has 1 fully saturated rings. The van der Waals surface area contributed by atoms with E-state index in [9.17, 15) is 5.11 Å². The summed E-state index contributed by atoms with van der Waals surface area (Å²) in [6, 6.07) is 0. The monoisotopic (exact) mass is 208 g/mol. The fourth-order valence-corrected chi connectivity index (χ4v) is 1.92. The van der Waals surface area contributed by atoms with E-state index in [1.54, 1.807) is 12.4 Å². The van der Waals surface area contributed by atoms with Crippen LogP contribution in [0.4, 0.5) is 0 Å². The number of hydrogen-bond donors (Lipinski definition) is 1. The molecule has 0 saturated carbocycles. The van der Waals surface area contributed by atoms with Gasteiger partial charge in [-0.3, -0.25) is 0 Å². The predicted molar refractivity (Wildman–Crippen MR) is 55.2 cm³/mol. The number of aliphatic hydroxyl groups is 1. The Morgan fingerprint density at radius 1 is 1.33 bits per heavy atom. The predicted octanol–water partition coefficient (Wildman–Crippen LogP) is 1.33. The van der Waals surface area contributed by atoms with E-state index in [1.165, 1.54) is 6.33 Å². The fourth-order valence-electron chi connectivity index (χ4n) is 1.92. The molecule has 4 nitrogen and oxygen atoms in total. The molecule has 0 aliphatic carbocycles. The summed E-state index contributed by atoms with van der Waals surface area (Å²) in [7, 11) is 0. The van der Waals surface area contributed by atoms with Crippen LogP contribution in [0.5, 0.6) is 0 Å². The molecule has 0 radical (unpaired) electrons. The minimum atomic E-state index is -0.436. The quantitative estimate of drug-likeness (QED) is 0.814. The van der Waals surface area contributed by atoms with E-state index >= 15 is 0 Å². The van der Waals surface area contributed by atoms with Crippen LogP contribution >= 0.6 is 0 Å². The van der Waals surface area contributed by atoms with Gasteiger partial charge in [-0.25, -0.2) is 9.97 Å².